The third-order valence-corrected chi connectivity index (χ3v) is 4.12. The Morgan fingerprint density at radius 1 is 1.04 bits per heavy atom. The standard InChI is InChI=1S/C18H14ClN5O/c1-11-6-8-13(9-7-11)17-20-18(25-22-17)16-12(2)24(23-21-16)15-5-3-4-14(19)10-15/h3-10H,1-2H3. The lowest BCUT2D eigenvalue weighted by Crippen LogP contribution is -1.98. The lowest BCUT2D eigenvalue weighted by molar-refractivity contribution is 0.430. The number of aryl methyl sites for hydroxylation is 1. The summed E-state index contributed by atoms with van der Waals surface area (Å²) in [5.74, 6) is 0.855. The van der Waals surface area contributed by atoms with Crippen molar-refractivity contribution in [3.05, 3.63) is 64.8 Å². The second kappa shape index (κ2) is 6.14. The Labute approximate surface area is 149 Å². The van der Waals surface area contributed by atoms with E-state index < -0.39 is 0 Å². The highest BCUT2D eigenvalue weighted by atomic mass is 35.5. The van der Waals surface area contributed by atoms with Crippen molar-refractivity contribution in [3.8, 4) is 28.7 Å². The molecule has 124 valence electrons. The van der Waals surface area contributed by atoms with E-state index in [0.717, 1.165) is 16.9 Å². The van der Waals surface area contributed by atoms with Gasteiger partial charge in [0.15, 0.2) is 5.69 Å². The summed E-state index contributed by atoms with van der Waals surface area (Å²) in [5.41, 5.74) is 4.22. The van der Waals surface area contributed by atoms with Crippen LogP contribution >= 0.6 is 11.6 Å². The summed E-state index contributed by atoms with van der Waals surface area (Å²) in [7, 11) is 0. The third kappa shape index (κ3) is 2.92. The molecule has 4 aromatic rings. The maximum Gasteiger partial charge on any atom is 0.280 e. The van der Waals surface area contributed by atoms with Crippen molar-refractivity contribution >= 4 is 11.6 Å². The minimum atomic E-state index is 0.335. The van der Waals surface area contributed by atoms with E-state index in [1.54, 1.807) is 4.68 Å². The molecule has 2 aromatic heterocycles. The van der Waals surface area contributed by atoms with Crippen LogP contribution in [0.1, 0.15) is 11.3 Å². The fourth-order valence-electron chi connectivity index (χ4n) is 2.52. The van der Waals surface area contributed by atoms with Crippen LogP contribution in [0.2, 0.25) is 5.02 Å². The number of benzene rings is 2. The molecule has 25 heavy (non-hydrogen) atoms. The van der Waals surface area contributed by atoms with Crippen LogP contribution < -0.4 is 0 Å². The minimum Gasteiger partial charge on any atom is -0.332 e. The molecule has 0 unspecified atom stereocenters. The quantitative estimate of drug-likeness (QED) is 0.551. The van der Waals surface area contributed by atoms with Crippen molar-refractivity contribution in [1.82, 2.24) is 25.1 Å². The van der Waals surface area contributed by atoms with Crippen LogP contribution in [0.4, 0.5) is 0 Å². The molecule has 0 aliphatic heterocycles. The van der Waals surface area contributed by atoms with Crippen LogP contribution in [0.15, 0.2) is 53.1 Å². The van der Waals surface area contributed by atoms with Crippen molar-refractivity contribution in [2.45, 2.75) is 13.8 Å². The molecular weight excluding hydrogens is 338 g/mol. The van der Waals surface area contributed by atoms with E-state index in [1.165, 1.54) is 5.56 Å². The molecule has 6 nitrogen and oxygen atoms in total. The average molecular weight is 352 g/mol. The van der Waals surface area contributed by atoms with E-state index in [9.17, 15) is 0 Å². The monoisotopic (exact) mass is 351 g/mol. The molecule has 0 saturated heterocycles. The van der Waals surface area contributed by atoms with Crippen LogP contribution in [-0.2, 0) is 0 Å². The first kappa shape index (κ1) is 15.5. The maximum atomic E-state index is 6.05. The Bertz CT molecular complexity index is 1040. The smallest absolute Gasteiger partial charge is 0.280 e. The molecule has 0 atom stereocenters. The Morgan fingerprint density at radius 3 is 2.60 bits per heavy atom. The van der Waals surface area contributed by atoms with Crippen LogP contribution in [0.5, 0.6) is 0 Å². The number of aromatic nitrogens is 5. The van der Waals surface area contributed by atoms with Crippen LogP contribution in [0.3, 0.4) is 0 Å². The van der Waals surface area contributed by atoms with Gasteiger partial charge in [-0.2, -0.15) is 4.98 Å². The number of hydrogen-bond acceptors (Lipinski definition) is 5. The van der Waals surface area contributed by atoms with E-state index >= 15 is 0 Å². The van der Waals surface area contributed by atoms with E-state index in [4.69, 9.17) is 16.1 Å². The SMILES string of the molecule is Cc1ccc(-c2noc(-c3nnn(-c4cccc(Cl)c4)c3C)n2)cc1. The molecule has 0 radical (unpaired) electrons. The van der Waals surface area contributed by atoms with Crippen molar-refractivity contribution < 1.29 is 4.52 Å². The zero-order valence-corrected chi connectivity index (χ0v) is 14.4. The summed E-state index contributed by atoms with van der Waals surface area (Å²) in [5, 5.41) is 13.0. The molecule has 0 aliphatic carbocycles. The first-order valence-electron chi connectivity index (χ1n) is 7.71. The summed E-state index contributed by atoms with van der Waals surface area (Å²) in [4.78, 5) is 4.45. The summed E-state index contributed by atoms with van der Waals surface area (Å²) in [6.45, 7) is 3.93. The van der Waals surface area contributed by atoms with Gasteiger partial charge < -0.3 is 4.52 Å². The number of halogens is 1. The largest absolute Gasteiger partial charge is 0.332 e. The van der Waals surface area contributed by atoms with Gasteiger partial charge in [0.1, 0.15) is 0 Å². The highest BCUT2D eigenvalue weighted by Crippen LogP contribution is 2.25. The highest BCUT2D eigenvalue weighted by Gasteiger charge is 2.19. The molecule has 0 aliphatic rings. The van der Waals surface area contributed by atoms with E-state index in [-0.39, 0.29) is 0 Å². The van der Waals surface area contributed by atoms with Crippen LogP contribution in [-0.4, -0.2) is 25.1 Å². The second-order valence-corrected chi connectivity index (χ2v) is 6.14. The Hall–Kier alpha value is -2.99. The molecule has 0 fully saturated rings. The predicted molar refractivity (Wildman–Crippen MR) is 94.6 cm³/mol. The van der Waals surface area contributed by atoms with Crippen molar-refractivity contribution in [1.29, 1.82) is 0 Å². The Balaban J connectivity index is 1.71. The van der Waals surface area contributed by atoms with Gasteiger partial charge in [0.25, 0.3) is 5.89 Å². The molecule has 0 spiro atoms. The number of rotatable bonds is 3. The predicted octanol–water partition coefficient (Wildman–Crippen LogP) is 4.25. The maximum absolute atomic E-state index is 6.05. The average Bonchev–Trinajstić information content (AvgIpc) is 3.22. The van der Waals surface area contributed by atoms with Gasteiger partial charge in [0.05, 0.1) is 11.4 Å². The molecule has 0 saturated carbocycles. The van der Waals surface area contributed by atoms with Crippen LogP contribution in [0, 0.1) is 13.8 Å². The Morgan fingerprint density at radius 2 is 1.84 bits per heavy atom. The van der Waals surface area contributed by atoms with Gasteiger partial charge in [-0.15, -0.1) is 5.10 Å². The van der Waals surface area contributed by atoms with Gasteiger partial charge in [0, 0.05) is 10.6 Å². The van der Waals surface area contributed by atoms with Gasteiger partial charge in [-0.05, 0) is 32.0 Å². The minimum absolute atomic E-state index is 0.335. The molecule has 7 heteroatoms. The zero-order chi connectivity index (χ0) is 17.4. The summed E-state index contributed by atoms with van der Waals surface area (Å²) in [6.07, 6.45) is 0. The molecule has 2 aromatic carbocycles. The number of nitrogens with zero attached hydrogens (tertiary/aromatic N) is 5. The fraction of sp³-hybridized carbons (Fsp3) is 0.111. The van der Waals surface area contributed by atoms with Crippen molar-refractivity contribution in [2.24, 2.45) is 0 Å². The van der Waals surface area contributed by atoms with E-state index in [2.05, 4.69) is 20.5 Å². The second-order valence-electron chi connectivity index (χ2n) is 5.70. The van der Waals surface area contributed by atoms with Gasteiger partial charge in [-0.3, -0.25) is 0 Å². The Kier molecular flexibility index (Phi) is 3.82. The molecule has 0 N–H and O–H groups in total. The summed E-state index contributed by atoms with van der Waals surface area (Å²) >= 11 is 6.05. The third-order valence-electron chi connectivity index (χ3n) is 3.89. The van der Waals surface area contributed by atoms with Gasteiger partial charge in [0.2, 0.25) is 5.82 Å². The molecule has 2 heterocycles. The zero-order valence-electron chi connectivity index (χ0n) is 13.6. The van der Waals surface area contributed by atoms with E-state index in [0.29, 0.717) is 22.4 Å². The summed E-state index contributed by atoms with van der Waals surface area (Å²) in [6, 6.07) is 15.3. The molecule has 0 amide bonds. The van der Waals surface area contributed by atoms with Gasteiger partial charge >= 0.3 is 0 Å². The first-order chi connectivity index (χ1) is 12.1. The summed E-state index contributed by atoms with van der Waals surface area (Å²) < 4.78 is 7.08. The molecule has 0 bridgehead atoms. The highest BCUT2D eigenvalue weighted by molar-refractivity contribution is 6.30. The molecular formula is C18H14ClN5O. The van der Waals surface area contributed by atoms with Gasteiger partial charge in [-0.1, -0.05) is 57.9 Å². The van der Waals surface area contributed by atoms with Crippen LogP contribution in [0.25, 0.3) is 28.7 Å². The molecule has 4 rings (SSSR count). The fourth-order valence-corrected chi connectivity index (χ4v) is 2.70. The lowest BCUT2D eigenvalue weighted by atomic mass is 10.1. The van der Waals surface area contributed by atoms with Crippen molar-refractivity contribution in [2.75, 3.05) is 0 Å². The number of hydrogen-bond donors (Lipinski definition) is 0. The van der Waals surface area contributed by atoms with Crippen molar-refractivity contribution in [3.63, 3.8) is 0 Å². The van der Waals surface area contributed by atoms with Gasteiger partial charge in [-0.25, -0.2) is 4.68 Å². The lowest BCUT2D eigenvalue weighted by Gasteiger charge is -2.02. The first-order valence-corrected chi connectivity index (χ1v) is 8.09. The normalized spacial score (nSPS) is 11.0. The topological polar surface area (TPSA) is 69.6 Å². The van der Waals surface area contributed by atoms with E-state index in [1.807, 2.05) is 62.4 Å².